The van der Waals surface area contributed by atoms with Crippen molar-refractivity contribution in [2.24, 2.45) is 0 Å². The van der Waals surface area contributed by atoms with Crippen molar-refractivity contribution in [3.8, 4) is 17.2 Å². The molecule has 0 fully saturated rings. The molecule has 4 rings (SSSR count). The number of hydrogen-bond donors (Lipinski definition) is 1. The van der Waals surface area contributed by atoms with Crippen LogP contribution >= 0.6 is 0 Å². The second kappa shape index (κ2) is 8.22. The fraction of sp³-hybridized carbons (Fsp3) is 0.174. The molecule has 0 spiro atoms. The average Bonchev–Trinajstić information content (AvgIpc) is 3.24. The largest absolute Gasteiger partial charge is 0.497 e. The molecule has 0 radical (unpaired) electrons. The van der Waals surface area contributed by atoms with Gasteiger partial charge in [0.2, 0.25) is 6.79 Å². The van der Waals surface area contributed by atoms with Gasteiger partial charge in [0.1, 0.15) is 11.6 Å². The van der Waals surface area contributed by atoms with Gasteiger partial charge in [-0.2, -0.15) is 0 Å². The monoisotopic (exact) mass is 393 g/mol. The number of rotatable bonds is 6. The lowest BCUT2D eigenvalue weighted by molar-refractivity contribution is 0.0932. The minimum atomic E-state index is -0.322. The van der Waals surface area contributed by atoms with Crippen LogP contribution < -0.4 is 19.5 Å². The van der Waals surface area contributed by atoms with E-state index in [2.05, 4.69) is 5.32 Å². The molecule has 1 aliphatic rings. The summed E-state index contributed by atoms with van der Waals surface area (Å²) in [6.07, 6.45) is 0.505. The SMILES string of the molecule is COc1ccc(C(Cc2ccc(F)cc2)NC(=O)c2cccc3c2OCO3)cc1. The van der Waals surface area contributed by atoms with Crippen LogP contribution in [0.15, 0.2) is 66.7 Å². The Balaban J connectivity index is 1.61. The van der Waals surface area contributed by atoms with Gasteiger partial charge in [-0.05, 0) is 53.9 Å². The number of ether oxygens (including phenoxy) is 3. The number of halogens is 1. The first-order valence-corrected chi connectivity index (χ1v) is 9.22. The van der Waals surface area contributed by atoms with E-state index in [0.717, 1.165) is 16.9 Å². The molecule has 0 aromatic heterocycles. The summed E-state index contributed by atoms with van der Waals surface area (Å²) in [7, 11) is 1.60. The van der Waals surface area contributed by atoms with Gasteiger partial charge in [0, 0.05) is 0 Å². The standard InChI is InChI=1S/C23H20FNO4/c1-27-18-11-7-16(8-12-18)20(13-15-5-9-17(24)10-6-15)25-23(26)19-3-2-4-21-22(19)29-14-28-21/h2-12,20H,13-14H2,1H3,(H,25,26). The maximum absolute atomic E-state index is 13.3. The van der Waals surface area contributed by atoms with E-state index in [-0.39, 0.29) is 24.6 Å². The minimum absolute atomic E-state index is 0.0944. The lowest BCUT2D eigenvalue weighted by Crippen LogP contribution is -2.30. The maximum atomic E-state index is 13.3. The van der Waals surface area contributed by atoms with Gasteiger partial charge in [-0.1, -0.05) is 30.3 Å². The van der Waals surface area contributed by atoms with E-state index in [4.69, 9.17) is 14.2 Å². The molecule has 1 aliphatic heterocycles. The molecule has 1 heterocycles. The third-order valence-electron chi connectivity index (χ3n) is 4.82. The zero-order valence-electron chi connectivity index (χ0n) is 15.9. The zero-order chi connectivity index (χ0) is 20.2. The second-order valence-electron chi connectivity index (χ2n) is 6.67. The Morgan fingerprint density at radius 2 is 1.83 bits per heavy atom. The Labute approximate surface area is 168 Å². The normalized spacial score (nSPS) is 13.0. The molecule has 29 heavy (non-hydrogen) atoms. The molecule has 0 saturated heterocycles. The van der Waals surface area contributed by atoms with Crippen molar-refractivity contribution in [1.29, 1.82) is 0 Å². The van der Waals surface area contributed by atoms with E-state index in [1.807, 2.05) is 24.3 Å². The first-order valence-electron chi connectivity index (χ1n) is 9.22. The molecular weight excluding hydrogens is 373 g/mol. The summed E-state index contributed by atoms with van der Waals surface area (Å²) in [4.78, 5) is 13.0. The number of carbonyl (C=O) groups is 1. The smallest absolute Gasteiger partial charge is 0.255 e. The van der Waals surface area contributed by atoms with Crippen LogP contribution in [0.3, 0.4) is 0 Å². The van der Waals surface area contributed by atoms with Crippen LogP contribution in [0.1, 0.15) is 27.5 Å². The van der Waals surface area contributed by atoms with Crippen molar-refractivity contribution in [2.45, 2.75) is 12.5 Å². The van der Waals surface area contributed by atoms with Gasteiger partial charge in [0.05, 0.1) is 18.7 Å². The van der Waals surface area contributed by atoms with Gasteiger partial charge in [-0.3, -0.25) is 4.79 Å². The van der Waals surface area contributed by atoms with E-state index in [9.17, 15) is 9.18 Å². The second-order valence-corrected chi connectivity index (χ2v) is 6.67. The van der Waals surface area contributed by atoms with Crippen LogP contribution in [-0.2, 0) is 6.42 Å². The molecule has 0 aliphatic carbocycles. The average molecular weight is 393 g/mol. The summed E-state index contributed by atoms with van der Waals surface area (Å²) in [5.41, 5.74) is 2.23. The fourth-order valence-corrected chi connectivity index (χ4v) is 3.29. The third kappa shape index (κ3) is 4.16. The molecule has 0 saturated carbocycles. The van der Waals surface area contributed by atoms with Crippen molar-refractivity contribution < 1.29 is 23.4 Å². The van der Waals surface area contributed by atoms with E-state index in [1.165, 1.54) is 12.1 Å². The predicted molar refractivity (Wildman–Crippen MR) is 106 cm³/mol. The zero-order valence-corrected chi connectivity index (χ0v) is 15.9. The molecule has 3 aromatic carbocycles. The Bertz CT molecular complexity index is 1000. The lowest BCUT2D eigenvalue weighted by Gasteiger charge is -2.20. The number of para-hydroxylation sites is 1. The number of carbonyl (C=O) groups excluding carboxylic acids is 1. The third-order valence-corrected chi connectivity index (χ3v) is 4.82. The molecule has 1 amide bonds. The van der Waals surface area contributed by atoms with Crippen LogP contribution in [-0.4, -0.2) is 19.8 Å². The van der Waals surface area contributed by atoms with E-state index in [0.29, 0.717) is 23.5 Å². The highest BCUT2D eigenvalue weighted by Gasteiger charge is 2.24. The first kappa shape index (κ1) is 18.8. The Kier molecular flexibility index (Phi) is 5.33. The van der Waals surface area contributed by atoms with Crippen LogP contribution in [0, 0.1) is 5.82 Å². The van der Waals surface area contributed by atoms with E-state index >= 15 is 0 Å². The maximum Gasteiger partial charge on any atom is 0.255 e. The molecular formula is C23H20FNO4. The van der Waals surface area contributed by atoms with Gasteiger partial charge in [0.25, 0.3) is 5.91 Å². The molecule has 3 aromatic rings. The Morgan fingerprint density at radius 3 is 2.55 bits per heavy atom. The molecule has 6 heteroatoms. The van der Waals surface area contributed by atoms with Crippen LogP contribution in [0.5, 0.6) is 17.2 Å². The number of nitrogens with one attached hydrogen (secondary N) is 1. The lowest BCUT2D eigenvalue weighted by atomic mass is 9.98. The summed E-state index contributed by atoms with van der Waals surface area (Å²) in [5.74, 6) is 1.16. The van der Waals surface area contributed by atoms with Gasteiger partial charge in [-0.15, -0.1) is 0 Å². The number of benzene rings is 3. The molecule has 0 bridgehead atoms. The molecule has 5 nitrogen and oxygen atoms in total. The van der Waals surface area contributed by atoms with E-state index < -0.39 is 0 Å². The van der Waals surface area contributed by atoms with Crippen LogP contribution in [0.4, 0.5) is 4.39 Å². The van der Waals surface area contributed by atoms with Gasteiger partial charge in [0.15, 0.2) is 11.5 Å². The molecule has 148 valence electrons. The Morgan fingerprint density at radius 1 is 1.07 bits per heavy atom. The molecule has 1 atom stereocenters. The molecule has 1 unspecified atom stereocenters. The summed E-state index contributed by atoms with van der Waals surface area (Å²) in [5, 5.41) is 3.07. The van der Waals surface area contributed by atoms with Crippen molar-refractivity contribution in [3.63, 3.8) is 0 Å². The first-order chi connectivity index (χ1) is 14.1. The van der Waals surface area contributed by atoms with Crippen LogP contribution in [0.2, 0.25) is 0 Å². The number of fused-ring (bicyclic) bond motifs is 1. The van der Waals surface area contributed by atoms with Crippen molar-refractivity contribution in [2.75, 3.05) is 13.9 Å². The summed E-state index contributed by atoms with van der Waals surface area (Å²) in [6, 6.07) is 18.7. The minimum Gasteiger partial charge on any atom is -0.497 e. The fourth-order valence-electron chi connectivity index (χ4n) is 3.29. The highest BCUT2D eigenvalue weighted by molar-refractivity contribution is 5.98. The Hall–Kier alpha value is -3.54. The highest BCUT2D eigenvalue weighted by atomic mass is 19.1. The van der Waals surface area contributed by atoms with Crippen LogP contribution in [0.25, 0.3) is 0 Å². The summed E-state index contributed by atoms with van der Waals surface area (Å²) < 4.78 is 29.3. The highest BCUT2D eigenvalue weighted by Crippen LogP contribution is 2.35. The topological polar surface area (TPSA) is 56.8 Å². The predicted octanol–water partition coefficient (Wildman–Crippen LogP) is 4.28. The van der Waals surface area contributed by atoms with Crippen molar-refractivity contribution >= 4 is 5.91 Å². The summed E-state index contributed by atoms with van der Waals surface area (Å²) in [6.45, 7) is 0.0944. The van der Waals surface area contributed by atoms with Gasteiger partial charge in [-0.25, -0.2) is 4.39 Å². The quantitative estimate of drug-likeness (QED) is 0.679. The summed E-state index contributed by atoms with van der Waals surface area (Å²) >= 11 is 0. The van der Waals surface area contributed by atoms with Crippen molar-refractivity contribution in [3.05, 3.63) is 89.2 Å². The van der Waals surface area contributed by atoms with Crippen molar-refractivity contribution in [1.82, 2.24) is 5.32 Å². The van der Waals surface area contributed by atoms with Gasteiger partial charge >= 0.3 is 0 Å². The van der Waals surface area contributed by atoms with E-state index in [1.54, 1.807) is 37.4 Å². The number of methoxy groups -OCH3 is 1. The number of amides is 1. The number of hydrogen-bond acceptors (Lipinski definition) is 4. The van der Waals surface area contributed by atoms with Gasteiger partial charge < -0.3 is 19.5 Å². The molecule has 1 N–H and O–H groups in total.